The molecule has 4 nitrogen and oxygen atoms in total. The van der Waals surface area contributed by atoms with Crippen LogP contribution in [0.3, 0.4) is 0 Å². The van der Waals surface area contributed by atoms with Gasteiger partial charge in [0, 0.05) is 5.56 Å². The third-order valence-electron chi connectivity index (χ3n) is 2.64. The quantitative estimate of drug-likeness (QED) is 0.694. The third-order valence-corrected chi connectivity index (χ3v) is 2.64. The second kappa shape index (κ2) is 4.10. The van der Waals surface area contributed by atoms with E-state index in [0.717, 1.165) is 11.2 Å². The number of hydrogen-bond acceptors (Lipinski definition) is 3. The standard InChI is InChI=1S/C13H10FN3O/c1-18-11-6-7-12-15-13(16-17(12)8-11)9-2-4-10(14)5-3-9/h2-8H,1H3. The van der Waals surface area contributed by atoms with Gasteiger partial charge in [-0.3, -0.25) is 0 Å². The van der Waals surface area contributed by atoms with E-state index in [0.29, 0.717) is 11.6 Å². The first-order chi connectivity index (χ1) is 8.76. The lowest BCUT2D eigenvalue weighted by Crippen LogP contribution is -1.90. The number of pyridine rings is 1. The molecule has 5 heteroatoms. The zero-order chi connectivity index (χ0) is 12.5. The Morgan fingerprint density at radius 3 is 2.61 bits per heavy atom. The molecule has 0 spiro atoms. The number of fused-ring (bicyclic) bond motifs is 1. The van der Waals surface area contributed by atoms with E-state index in [4.69, 9.17) is 4.74 Å². The van der Waals surface area contributed by atoms with Crippen molar-refractivity contribution in [2.75, 3.05) is 7.11 Å². The van der Waals surface area contributed by atoms with Crippen LogP contribution in [0.15, 0.2) is 42.6 Å². The molecule has 2 aromatic heterocycles. The van der Waals surface area contributed by atoms with Gasteiger partial charge in [-0.2, -0.15) is 0 Å². The first-order valence-corrected chi connectivity index (χ1v) is 5.42. The van der Waals surface area contributed by atoms with Crippen LogP contribution in [0.2, 0.25) is 0 Å². The van der Waals surface area contributed by atoms with Gasteiger partial charge in [0.25, 0.3) is 0 Å². The van der Waals surface area contributed by atoms with Crippen LogP contribution < -0.4 is 4.74 Å². The van der Waals surface area contributed by atoms with Crippen molar-refractivity contribution >= 4 is 5.65 Å². The van der Waals surface area contributed by atoms with Gasteiger partial charge in [-0.1, -0.05) is 0 Å². The van der Waals surface area contributed by atoms with E-state index in [1.807, 2.05) is 12.1 Å². The number of benzene rings is 1. The molecule has 0 atom stereocenters. The smallest absolute Gasteiger partial charge is 0.182 e. The largest absolute Gasteiger partial charge is 0.495 e. The van der Waals surface area contributed by atoms with E-state index in [-0.39, 0.29) is 5.82 Å². The second-order valence-corrected chi connectivity index (χ2v) is 3.81. The Morgan fingerprint density at radius 2 is 1.89 bits per heavy atom. The number of ether oxygens (including phenoxy) is 1. The predicted molar refractivity (Wildman–Crippen MR) is 64.9 cm³/mol. The monoisotopic (exact) mass is 243 g/mol. The molecule has 0 saturated carbocycles. The van der Waals surface area contributed by atoms with Crippen molar-refractivity contribution in [1.29, 1.82) is 0 Å². The molecule has 0 saturated heterocycles. The van der Waals surface area contributed by atoms with Crippen LogP contribution in [0.25, 0.3) is 17.0 Å². The molecule has 0 unspecified atom stereocenters. The topological polar surface area (TPSA) is 39.4 Å². The molecular formula is C13H10FN3O. The van der Waals surface area contributed by atoms with Crippen molar-refractivity contribution in [2.45, 2.75) is 0 Å². The average Bonchev–Trinajstić information content (AvgIpc) is 2.82. The molecule has 3 aromatic rings. The molecule has 18 heavy (non-hydrogen) atoms. The van der Waals surface area contributed by atoms with Gasteiger partial charge >= 0.3 is 0 Å². The summed E-state index contributed by atoms with van der Waals surface area (Å²) in [6, 6.07) is 9.73. The summed E-state index contributed by atoms with van der Waals surface area (Å²) >= 11 is 0. The number of hydrogen-bond donors (Lipinski definition) is 0. The van der Waals surface area contributed by atoms with Crippen LogP contribution in [0.5, 0.6) is 5.75 Å². The van der Waals surface area contributed by atoms with Crippen molar-refractivity contribution in [2.24, 2.45) is 0 Å². The van der Waals surface area contributed by atoms with Crippen molar-refractivity contribution < 1.29 is 9.13 Å². The molecule has 0 bridgehead atoms. The number of nitrogens with zero attached hydrogens (tertiary/aromatic N) is 3. The SMILES string of the molecule is COc1ccc2nc(-c3ccc(F)cc3)nn2c1. The van der Waals surface area contributed by atoms with E-state index in [2.05, 4.69) is 10.1 Å². The fourth-order valence-electron chi connectivity index (χ4n) is 1.71. The number of methoxy groups -OCH3 is 1. The van der Waals surface area contributed by atoms with Crippen molar-refractivity contribution in [3.63, 3.8) is 0 Å². The maximum atomic E-state index is 12.8. The lowest BCUT2D eigenvalue weighted by molar-refractivity contribution is 0.411. The minimum atomic E-state index is -0.274. The first-order valence-electron chi connectivity index (χ1n) is 5.42. The van der Waals surface area contributed by atoms with Gasteiger partial charge in [0.1, 0.15) is 11.6 Å². The summed E-state index contributed by atoms with van der Waals surface area (Å²) < 4.78 is 19.6. The number of halogens is 1. The molecule has 1 aromatic carbocycles. The molecule has 90 valence electrons. The Kier molecular flexibility index (Phi) is 2.44. The van der Waals surface area contributed by atoms with E-state index in [1.54, 1.807) is 30.0 Å². The molecule has 0 aliphatic heterocycles. The highest BCUT2D eigenvalue weighted by Gasteiger charge is 2.06. The fraction of sp³-hybridized carbons (Fsp3) is 0.0769. The number of rotatable bonds is 2. The van der Waals surface area contributed by atoms with Gasteiger partial charge in [-0.15, -0.1) is 5.10 Å². The Bertz CT molecular complexity index is 691. The Labute approximate surface area is 103 Å². The molecule has 0 aliphatic carbocycles. The lowest BCUT2D eigenvalue weighted by Gasteiger charge is -1.97. The van der Waals surface area contributed by atoms with Crippen LogP contribution in [-0.4, -0.2) is 21.7 Å². The van der Waals surface area contributed by atoms with E-state index >= 15 is 0 Å². The normalized spacial score (nSPS) is 10.8. The van der Waals surface area contributed by atoms with Gasteiger partial charge in [-0.05, 0) is 36.4 Å². The Morgan fingerprint density at radius 1 is 1.11 bits per heavy atom. The van der Waals surface area contributed by atoms with Crippen LogP contribution >= 0.6 is 0 Å². The minimum Gasteiger partial charge on any atom is -0.495 e. The van der Waals surface area contributed by atoms with Gasteiger partial charge in [0.05, 0.1) is 13.3 Å². The van der Waals surface area contributed by atoms with Gasteiger partial charge in [-0.25, -0.2) is 13.9 Å². The highest BCUT2D eigenvalue weighted by molar-refractivity contribution is 5.58. The van der Waals surface area contributed by atoms with Crippen LogP contribution in [0.1, 0.15) is 0 Å². The van der Waals surface area contributed by atoms with Gasteiger partial charge in [0.2, 0.25) is 0 Å². The summed E-state index contributed by atoms with van der Waals surface area (Å²) in [6.07, 6.45) is 1.75. The molecule has 2 heterocycles. The van der Waals surface area contributed by atoms with E-state index < -0.39 is 0 Å². The van der Waals surface area contributed by atoms with Gasteiger partial charge < -0.3 is 4.74 Å². The second-order valence-electron chi connectivity index (χ2n) is 3.81. The first kappa shape index (κ1) is 10.7. The average molecular weight is 243 g/mol. The molecule has 0 aliphatic rings. The lowest BCUT2D eigenvalue weighted by atomic mass is 10.2. The highest BCUT2D eigenvalue weighted by atomic mass is 19.1. The van der Waals surface area contributed by atoms with Crippen molar-refractivity contribution in [1.82, 2.24) is 14.6 Å². The molecule has 0 amide bonds. The van der Waals surface area contributed by atoms with Crippen LogP contribution in [-0.2, 0) is 0 Å². The maximum Gasteiger partial charge on any atom is 0.182 e. The zero-order valence-corrected chi connectivity index (χ0v) is 9.67. The van der Waals surface area contributed by atoms with E-state index in [9.17, 15) is 4.39 Å². The van der Waals surface area contributed by atoms with Crippen molar-refractivity contribution in [3.05, 3.63) is 48.4 Å². The molecular weight excluding hydrogens is 233 g/mol. The molecule has 0 N–H and O–H groups in total. The zero-order valence-electron chi connectivity index (χ0n) is 9.67. The molecule has 3 rings (SSSR count). The predicted octanol–water partition coefficient (Wildman–Crippen LogP) is 2.54. The summed E-state index contributed by atoms with van der Waals surface area (Å²) in [5.74, 6) is 0.991. The Hall–Kier alpha value is -2.43. The van der Waals surface area contributed by atoms with Gasteiger partial charge in [0.15, 0.2) is 11.5 Å². The number of aromatic nitrogens is 3. The van der Waals surface area contributed by atoms with Crippen LogP contribution in [0.4, 0.5) is 4.39 Å². The summed E-state index contributed by atoms with van der Waals surface area (Å²) in [5, 5.41) is 4.32. The molecule has 0 fully saturated rings. The molecule has 0 radical (unpaired) electrons. The Balaban J connectivity index is 2.10. The summed E-state index contributed by atoms with van der Waals surface area (Å²) in [7, 11) is 1.60. The third kappa shape index (κ3) is 1.79. The summed E-state index contributed by atoms with van der Waals surface area (Å²) in [5.41, 5.74) is 1.49. The summed E-state index contributed by atoms with van der Waals surface area (Å²) in [4.78, 5) is 4.36. The highest BCUT2D eigenvalue weighted by Crippen LogP contribution is 2.18. The van der Waals surface area contributed by atoms with E-state index in [1.165, 1.54) is 12.1 Å². The maximum absolute atomic E-state index is 12.8. The fourth-order valence-corrected chi connectivity index (χ4v) is 1.71. The van der Waals surface area contributed by atoms with Crippen LogP contribution in [0, 0.1) is 5.82 Å². The minimum absolute atomic E-state index is 0.274. The summed E-state index contributed by atoms with van der Waals surface area (Å²) in [6.45, 7) is 0. The van der Waals surface area contributed by atoms with Crippen molar-refractivity contribution in [3.8, 4) is 17.1 Å².